The van der Waals surface area contributed by atoms with Gasteiger partial charge in [-0.1, -0.05) is 55.1 Å². The molecule has 2 aliphatic rings. The van der Waals surface area contributed by atoms with Crippen molar-refractivity contribution in [3.05, 3.63) is 70.9 Å². The van der Waals surface area contributed by atoms with Crippen LogP contribution in [0.25, 0.3) is 0 Å². The van der Waals surface area contributed by atoms with E-state index in [2.05, 4.69) is 10.6 Å². The van der Waals surface area contributed by atoms with Crippen molar-refractivity contribution in [2.45, 2.75) is 38.1 Å². The Balaban J connectivity index is 1.50. The van der Waals surface area contributed by atoms with E-state index in [0.29, 0.717) is 16.9 Å². The molecule has 30 heavy (non-hydrogen) atoms. The first-order chi connectivity index (χ1) is 14.5. The maximum absolute atomic E-state index is 12.9. The molecule has 1 heterocycles. The molecule has 0 saturated heterocycles. The molecule has 0 aromatic heterocycles. The number of nitrogens with zero attached hydrogens (tertiary/aromatic N) is 1. The number of halogens is 1. The average molecular weight is 424 g/mol. The highest BCUT2D eigenvalue weighted by Crippen LogP contribution is 2.32. The highest BCUT2D eigenvalue weighted by Gasteiger charge is 2.42. The molecule has 1 saturated carbocycles. The van der Waals surface area contributed by atoms with E-state index in [1.165, 1.54) is 4.90 Å². The van der Waals surface area contributed by atoms with Gasteiger partial charge in [0.15, 0.2) is 0 Å². The zero-order valence-electron chi connectivity index (χ0n) is 16.4. The van der Waals surface area contributed by atoms with Crippen molar-refractivity contribution in [1.29, 1.82) is 0 Å². The fourth-order valence-electron chi connectivity index (χ4n) is 3.91. The Morgan fingerprint density at radius 1 is 0.900 bits per heavy atom. The second-order valence-electron chi connectivity index (χ2n) is 7.49. The van der Waals surface area contributed by atoms with Crippen molar-refractivity contribution < 1.29 is 14.4 Å². The largest absolute Gasteiger partial charge is 0.350 e. The molecule has 7 heteroatoms. The molecular formula is C23H22ClN3O3. The average Bonchev–Trinajstić information content (AvgIpc) is 2.98. The van der Waals surface area contributed by atoms with Crippen molar-refractivity contribution in [3.8, 4) is 0 Å². The fourth-order valence-corrected chi connectivity index (χ4v) is 4.12. The summed E-state index contributed by atoms with van der Waals surface area (Å²) in [4.78, 5) is 39.3. The molecule has 0 unspecified atom stereocenters. The monoisotopic (exact) mass is 423 g/mol. The van der Waals surface area contributed by atoms with Gasteiger partial charge >= 0.3 is 0 Å². The normalized spacial score (nSPS) is 17.4. The van der Waals surface area contributed by atoms with E-state index < -0.39 is 11.8 Å². The van der Waals surface area contributed by atoms with Crippen LogP contribution < -0.4 is 10.6 Å². The van der Waals surface area contributed by atoms with Crippen LogP contribution >= 0.6 is 11.6 Å². The number of carbonyl (C=O) groups excluding carboxylic acids is 3. The number of para-hydroxylation sites is 1. The molecule has 0 atom stereocenters. The third-order valence-electron chi connectivity index (χ3n) is 5.42. The van der Waals surface area contributed by atoms with Crippen LogP contribution in [0.3, 0.4) is 0 Å². The number of carbonyl (C=O) groups is 3. The van der Waals surface area contributed by atoms with E-state index in [-0.39, 0.29) is 22.7 Å². The summed E-state index contributed by atoms with van der Waals surface area (Å²) in [6.45, 7) is 0. The number of nitrogens with one attached hydrogen (secondary N) is 2. The van der Waals surface area contributed by atoms with Crippen LogP contribution in [0.15, 0.2) is 65.3 Å². The van der Waals surface area contributed by atoms with Crippen LogP contribution in [0.2, 0.25) is 0 Å². The Morgan fingerprint density at radius 3 is 2.33 bits per heavy atom. The number of benzene rings is 2. The van der Waals surface area contributed by atoms with E-state index in [4.69, 9.17) is 11.6 Å². The van der Waals surface area contributed by atoms with Gasteiger partial charge in [0.05, 0.1) is 0 Å². The molecule has 1 aliphatic carbocycles. The number of anilines is 2. The first-order valence-corrected chi connectivity index (χ1v) is 10.4. The summed E-state index contributed by atoms with van der Waals surface area (Å²) in [6.07, 6.45) is 4.74. The summed E-state index contributed by atoms with van der Waals surface area (Å²) < 4.78 is 0. The zero-order chi connectivity index (χ0) is 21.1. The van der Waals surface area contributed by atoms with Crippen LogP contribution in [0.5, 0.6) is 0 Å². The second-order valence-corrected chi connectivity index (χ2v) is 7.87. The van der Waals surface area contributed by atoms with Gasteiger partial charge in [-0.15, -0.1) is 0 Å². The van der Waals surface area contributed by atoms with Gasteiger partial charge in [0.1, 0.15) is 10.7 Å². The smallest absolute Gasteiger partial charge is 0.279 e. The van der Waals surface area contributed by atoms with E-state index in [1.54, 1.807) is 36.4 Å². The van der Waals surface area contributed by atoms with Crippen LogP contribution in [0.4, 0.5) is 11.4 Å². The fraction of sp³-hybridized carbons (Fsp3) is 0.261. The summed E-state index contributed by atoms with van der Waals surface area (Å²) in [6, 6.07) is 15.8. The first-order valence-electron chi connectivity index (χ1n) is 10.1. The molecule has 0 spiro atoms. The predicted octanol–water partition coefficient (Wildman–Crippen LogP) is 4.50. The number of imide groups is 1. The Bertz CT molecular complexity index is 1010. The zero-order valence-corrected chi connectivity index (χ0v) is 17.1. The molecule has 4 rings (SSSR count). The number of amides is 3. The molecular weight excluding hydrogens is 402 g/mol. The maximum atomic E-state index is 12.9. The van der Waals surface area contributed by atoms with Crippen molar-refractivity contribution >= 4 is 40.7 Å². The molecule has 2 aromatic carbocycles. The van der Waals surface area contributed by atoms with Gasteiger partial charge in [-0.25, -0.2) is 0 Å². The minimum Gasteiger partial charge on any atom is -0.350 e. The van der Waals surface area contributed by atoms with Crippen LogP contribution in [0.1, 0.15) is 42.5 Å². The van der Waals surface area contributed by atoms with Crippen molar-refractivity contribution in [2.75, 3.05) is 10.6 Å². The Morgan fingerprint density at radius 2 is 1.60 bits per heavy atom. The highest BCUT2D eigenvalue weighted by atomic mass is 35.5. The van der Waals surface area contributed by atoms with Crippen LogP contribution in [-0.4, -0.2) is 28.7 Å². The standard InChI is InChI=1S/C23H22ClN3O3/c24-19-20(23(30)27(22(19)29)18-12-5-2-6-13-18)25-17-11-7-8-15(14-17)21(28)26-16-9-3-1-4-10-16/h1,3-4,7-11,14,18,25H,2,5-6,12-13H2,(H,26,28). The van der Waals surface area contributed by atoms with Crippen molar-refractivity contribution in [1.82, 2.24) is 4.90 Å². The van der Waals surface area contributed by atoms with Gasteiger partial charge < -0.3 is 10.6 Å². The summed E-state index contributed by atoms with van der Waals surface area (Å²) in [5, 5.41) is 5.67. The Kier molecular flexibility index (Phi) is 5.86. The van der Waals surface area contributed by atoms with Gasteiger partial charge in [0.2, 0.25) is 0 Å². The lowest BCUT2D eigenvalue weighted by Gasteiger charge is -2.29. The van der Waals surface area contributed by atoms with E-state index in [9.17, 15) is 14.4 Å². The van der Waals surface area contributed by atoms with Crippen LogP contribution in [0, 0.1) is 0 Å². The molecule has 0 radical (unpaired) electrons. The van der Waals surface area contributed by atoms with Gasteiger partial charge in [0, 0.05) is 23.0 Å². The molecule has 0 bridgehead atoms. The van der Waals surface area contributed by atoms with E-state index in [0.717, 1.165) is 32.1 Å². The first kappa shape index (κ1) is 20.2. The number of rotatable bonds is 5. The topological polar surface area (TPSA) is 78.5 Å². The Labute approximate surface area is 179 Å². The lowest BCUT2D eigenvalue weighted by molar-refractivity contribution is -0.140. The quantitative estimate of drug-likeness (QED) is 0.694. The maximum Gasteiger partial charge on any atom is 0.279 e. The summed E-state index contributed by atoms with van der Waals surface area (Å²) in [7, 11) is 0. The lowest BCUT2D eigenvalue weighted by Crippen LogP contribution is -2.42. The minimum absolute atomic E-state index is 0.0628. The highest BCUT2D eigenvalue weighted by molar-refractivity contribution is 6.48. The minimum atomic E-state index is -0.450. The molecule has 6 nitrogen and oxygen atoms in total. The van der Waals surface area contributed by atoms with E-state index >= 15 is 0 Å². The van der Waals surface area contributed by atoms with Crippen molar-refractivity contribution in [2.24, 2.45) is 0 Å². The van der Waals surface area contributed by atoms with Gasteiger partial charge in [-0.2, -0.15) is 0 Å². The van der Waals surface area contributed by atoms with Gasteiger partial charge in [-0.3, -0.25) is 19.3 Å². The number of hydrogen-bond acceptors (Lipinski definition) is 4. The van der Waals surface area contributed by atoms with Gasteiger partial charge in [-0.05, 0) is 43.2 Å². The lowest BCUT2D eigenvalue weighted by atomic mass is 9.94. The Hall–Kier alpha value is -3.12. The summed E-state index contributed by atoms with van der Waals surface area (Å²) in [5.74, 6) is -1.13. The summed E-state index contributed by atoms with van der Waals surface area (Å²) in [5.41, 5.74) is 1.68. The molecule has 1 fully saturated rings. The third-order valence-corrected chi connectivity index (χ3v) is 5.77. The summed E-state index contributed by atoms with van der Waals surface area (Å²) >= 11 is 6.22. The van der Waals surface area contributed by atoms with E-state index in [1.807, 2.05) is 18.2 Å². The predicted molar refractivity (Wildman–Crippen MR) is 116 cm³/mol. The second kappa shape index (κ2) is 8.71. The molecule has 154 valence electrons. The number of hydrogen-bond donors (Lipinski definition) is 2. The SMILES string of the molecule is O=C(Nc1ccccc1)c1cccc(NC2=C(Cl)C(=O)N(C3CCCCC3)C2=O)c1. The molecule has 1 aliphatic heterocycles. The van der Waals surface area contributed by atoms with Crippen molar-refractivity contribution in [3.63, 3.8) is 0 Å². The van der Waals surface area contributed by atoms with Crippen LogP contribution in [-0.2, 0) is 9.59 Å². The van der Waals surface area contributed by atoms with Gasteiger partial charge in [0.25, 0.3) is 17.7 Å². The molecule has 2 aromatic rings. The third kappa shape index (κ3) is 4.09. The molecule has 2 N–H and O–H groups in total. The molecule has 3 amide bonds.